The van der Waals surface area contributed by atoms with E-state index in [1.807, 2.05) is 24.3 Å². The van der Waals surface area contributed by atoms with E-state index in [1.54, 1.807) is 24.4 Å². The molecule has 0 N–H and O–H groups in total. The van der Waals surface area contributed by atoms with Crippen LogP contribution in [0.4, 0.5) is 0 Å². The maximum Gasteiger partial charge on any atom is 0.337 e. The fourth-order valence-corrected chi connectivity index (χ4v) is 1.92. The number of rotatable bonds is 2. The molecule has 3 aromatic rings. The Bertz CT molecular complexity index is 731. The third-order valence-corrected chi connectivity index (χ3v) is 2.85. The lowest BCUT2D eigenvalue weighted by Crippen LogP contribution is -1.99. The second-order valence-electron chi connectivity index (χ2n) is 4.07. The third-order valence-electron chi connectivity index (χ3n) is 2.85. The monoisotopic (exact) mass is 253 g/mol. The largest absolute Gasteiger partial charge is 0.465 e. The molecule has 0 aliphatic heterocycles. The summed E-state index contributed by atoms with van der Waals surface area (Å²) in [6.45, 7) is 0. The lowest BCUT2D eigenvalue weighted by molar-refractivity contribution is 0.0601. The molecule has 0 fully saturated rings. The highest BCUT2D eigenvalue weighted by Crippen LogP contribution is 2.27. The summed E-state index contributed by atoms with van der Waals surface area (Å²) in [5, 5.41) is 0.851. The van der Waals surface area contributed by atoms with Gasteiger partial charge in [-0.25, -0.2) is 4.79 Å². The fraction of sp³-hybridized carbons (Fsp3) is 0.0667. The Balaban J connectivity index is 2.09. The van der Waals surface area contributed by atoms with Crippen molar-refractivity contribution in [3.8, 4) is 11.5 Å². The van der Waals surface area contributed by atoms with Crippen LogP contribution in [0.5, 0.6) is 0 Å². The van der Waals surface area contributed by atoms with E-state index in [-0.39, 0.29) is 5.97 Å². The highest BCUT2D eigenvalue weighted by atomic mass is 16.5. The lowest BCUT2D eigenvalue weighted by Gasteiger charge is -1.97. The van der Waals surface area contributed by atoms with Crippen LogP contribution in [-0.4, -0.2) is 18.1 Å². The van der Waals surface area contributed by atoms with E-state index < -0.39 is 0 Å². The standard InChI is InChI=1S/C15H11NO3/c1-18-15(17)10-5-6-13-11(8-10)9-14(19-13)12-4-2-3-7-16-12/h2-9H,1H3. The second kappa shape index (κ2) is 4.57. The molecule has 2 aromatic heterocycles. The van der Waals surface area contributed by atoms with Gasteiger partial charge < -0.3 is 9.15 Å². The summed E-state index contributed by atoms with van der Waals surface area (Å²) in [5.74, 6) is 0.320. The number of methoxy groups -OCH3 is 1. The minimum atomic E-state index is -0.359. The van der Waals surface area contributed by atoms with Gasteiger partial charge in [0.25, 0.3) is 0 Å². The minimum Gasteiger partial charge on any atom is -0.465 e. The summed E-state index contributed by atoms with van der Waals surface area (Å²) in [6, 6.07) is 12.7. The van der Waals surface area contributed by atoms with Crippen molar-refractivity contribution in [3.05, 3.63) is 54.2 Å². The number of benzene rings is 1. The van der Waals surface area contributed by atoms with Gasteiger partial charge in [0, 0.05) is 11.6 Å². The zero-order valence-electron chi connectivity index (χ0n) is 10.3. The molecular formula is C15H11NO3. The maximum atomic E-state index is 11.5. The van der Waals surface area contributed by atoms with Gasteiger partial charge in [-0.15, -0.1) is 0 Å². The molecule has 1 aromatic carbocycles. The minimum absolute atomic E-state index is 0.359. The molecular weight excluding hydrogens is 242 g/mol. The fourth-order valence-electron chi connectivity index (χ4n) is 1.92. The Kier molecular flexibility index (Phi) is 2.76. The summed E-state index contributed by atoms with van der Waals surface area (Å²) >= 11 is 0. The molecule has 0 aliphatic carbocycles. The van der Waals surface area contributed by atoms with E-state index >= 15 is 0 Å². The number of furan rings is 1. The second-order valence-corrected chi connectivity index (χ2v) is 4.07. The average Bonchev–Trinajstić information content (AvgIpc) is 2.90. The molecule has 0 spiro atoms. The summed E-state index contributed by atoms with van der Waals surface area (Å²) in [7, 11) is 1.36. The van der Waals surface area contributed by atoms with Crippen LogP contribution in [0.25, 0.3) is 22.4 Å². The SMILES string of the molecule is COC(=O)c1ccc2oc(-c3ccccn3)cc2c1. The normalized spacial score (nSPS) is 10.6. The van der Waals surface area contributed by atoms with Crippen LogP contribution in [0.15, 0.2) is 53.1 Å². The first-order valence-electron chi connectivity index (χ1n) is 5.81. The molecule has 19 heavy (non-hydrogen) atoms. The Hall–Kier alpha value is -2.62. The van der Waals surface area contributed by atoms with Crippen molar-refractivity contribution in [2.45, 2.75) is 0 Å². The van der Waals surface area contributed by atoms with E-state index in [0.717, 1.165) is 11.1 Å². The Morgan fingerprint density at radius 1 is 1.21 bits per heavy atom. The summed E-state index contributed by atoms with van der Waals surface area (Å²) in [4.78, 5) is 15.7. The van der Waals surface area contributed by atoms with Gasteiger partial charge in [-0.1, -0.05) is 6.07 Å². The molecule has 0 aliphatic rings. The van der Waals surface area contributed by atoms with Crippen LogP contribution in [0.3, 0.4) is 0 Å². The number of hydrogen-bond donors (Lipinski definition) is 0. The number of ether oxygens (including phenoxy) is 1. The number of carbonyl (C=O) groups excluding carboxylic acids is 1. The van der Waals surface area contributed by atoms with Crippen LogP contribution in [0.1, 0.15) is 10.4 Å². The number of hydrogen-bond acceptors (Lipinski definition) is 4. The number of nitrogens with zero attached hydrogens (tertiary/aromatic N) is 1. The average molecular weight is 253 g/mol. The van der Waals surface area contributed by atoms with Crippen molar-refractivity contribution in [1.82, 2.24) is 4.98 Å². The van der Waals surface area contributed by atoms with Gasteiger partial charge in [0.1, 0.15) is 11.3 Å². The van der Waals surface area contributed by atoms with E-state index in [1.165, 1.54) is 7.11 Å². The quantitative estimate of drug-likeness (QED) is 0.658. The topological polar surface area (TPSA) is 52.3 Å². The number of esters is 1. The number of fused-ring (bicyclic) bond motifs is 1. The smallest absolute Gasteiger partial charge is 0.337 e. The number of aromatic nitrogens is 1. The third kappa shape index (κ3) is 2.08. The van der Waals surface area contributed by atoms with Crippen molar-refractivity contribution < 1.29 is 13.9 Å². The molecule has 94 valence electrons. The highest BCUT2D eigenvalue weighted by molar-refractivity contribution is 5.95. The van der Waals surface area contributed by atoms with E-state index in [2.05, 4.69) is 4.98 Å². The number of pyridine rings is 1. The molecule has 0 unspecified atom stereocenters. The van der Waals surface area contributed by atoms with Gasteiger partial charge in [0.2, 0.25) is 0 Å². The molecule has 0 saturated heterocycles. The molecule has 4 nitrogen and oxygen atoms in total. The zero-order chi connectivity index (χ0) is 13.2. The van der Waals surface area contributed by atoms with Crippen LogP contribution in [-0.2, 0) is 4.74 Å². The van der Waals surface area contributed by atoms with Gasteiger partial charge in [-0.05, 0) is 36.4 Å². The molecule has 0 amide bonds. The van der Waals surface area contributed by atoms with E-state index in [4.69, 9.17) is 9.15 Å². The van der Waals surface area contributed by atoms with Crippen molar-refractivity contribution >= 4 is 16.9 Å². The van der Waals surface area contributed by atoms with Gasteiger partial charge in [-0.2, -0.15) is 0 Å². The van der Waals surface area contributed by atoms with Crippen molar-refractivity contribution in [1.29, 1.82) is 0 Å². The highest BCUT2D eigenvalue weighted by Gasteiger charge is 2.10. The molecule has 0 saturated carbocycles. The molecule has 0 bridgehead atoms. The summed E-state index contributed by atoms with van der Waals surface area (Å²) < 4.78 is 10.4. The molecule has 2 heterocycles. The molecule has 0 radical (unpaired) electrons. The van der Waals surface area contributed by atoms with Gasteiger partial charge in [-0.3, -0.25) is 4.98 Å². The molecule has 3 rings (SSSR count). The predicted octanol–water partition coefficient (Wildman–Crippen LogP) is 3.28. The lowest BCUT2D eigenvalue weighted by atomic mass is 10.1. The summed E-state index contributed by atoms with van der Waals surface area (Å²) in [6.07, 6.45) is 1.71. The van der Waals surface area contributed by atoms with Crippen molar-refractivity contribution in [2.75, 3.05) is 7.11 Å². The Labute approximate surface area is 109 Å². The van der Waals surface area contributed by atoms with Crippen LogP contribution < -0.4 is 0 Å². The first kappa shape index (κ1) is 11.5. The first-order chi connectivity index (χ1) is 9.28. The number of carbonyl (C=O) groups is 1. The van der Waals surface area contributed by atoms with Gasteiger partial charge in [0.05, 0.1) is 12.7 Å². The summed E-state index contributed by atoms with van der Waals surface area (Å²) in [5.41, 5.74) is 1.98. The molecule has 4 heteroatoms. The predicted molar refractivity (Wildman–Crippen MR) is 70.8 cm³/mol. The Morgan fingerprint density at radius 3 is 2.84 bits per heavy atom. The van der Waals surface area contributed by atoms with E-state index in [9.17, 15) is 4.79 Å². The van der Waals surface area contributed by atoms with Gasteiger partial charge >= 0.3 is 5.97 Å². The zero-order valence-corrected chi connectivity index (χ0v) is 10.3. The van der Waals surface area contributed by atoms with Crippen molar-refractivity contribution in [2.24, 2.45) is 0 Å². The molecule has 0 atom stereocenters. The Morgan fingerprint density at radius 2 is 2.11 bits per heavy atom. The van der Waals surface area contributed by atoms with Crippen LogP contribution in [0.2, 0.25) is 0 Å². The maximum absolute atomic E-state index is 11.5. The van der Waals surface area contributed by atoms with E-state index in [0.29, 0.717) is 16.9 Å². The first-order valence-corrected chi connectivity index (χ1v) is 5.81. The van der Waals surface area contributed by atoms with Gasteiger partial charge in [0.15, 0.2) is 5.76 Å². The van der Waals surface area contributed by atoms with Crippen LogP contribution in [0, 0.1) is 0 Å². The van der Waals surface area contributed by atoms with Crippen LogP contribution >= 0.6 is 0 Å². The van der Waals surface area contributed by atoms with Crippen molar-refractivity contribution in [3.63, 3.8) is 0 Å².